The molecule has 0 aliphatic heterocycles. The number of nitrogens with two attached hydrogens (primary N) is 1. The van der Waals surface area contributed by atoms with Crippen LogP contribution in [0.1, 0.15) is 16.7 Å². The molecule has 0 saturated carbocycles. The molecule has 0 fully saturated rings. The van der Waals surface area contributed by atoms with Gasteiger partial charge in [-0.15, -0.1) is 0 Å². The van der Waals surface area contributed by atoms with Crippen LogP contribution in [0.4, 0.5) is 0 Å². The average Bonchev–Trinajstić information content (AvgIpc) is 2.34. The zero-order valence-electron chi connectivity index (χ0n) is 10.3. The van der Waals surface area contributed by atoms with Crippen LogP contribution in [0.5, 0.6) is 11.5 Å². The molecule has 92 valence electrons. The highest BCUT2D eigenvalue weighted by molar-refractivity contribution is 7.80. The molecule has 0 atom stereocenters. The molecule has 0 amide bonds. The average molecular weight is 258 g/mol. The number of aryl methyl sites for hydroxylation is 2. The molecular weight excluding hydrogens is 244 g/mol. The molecule has 3 nitrogen and oxygen atoms in total. The molecule has 2 N–H and O–H groups in total. The second kappa shape index (κ2) is 5.14. The van der Waals surface area contributed by atoms with Crippen molar-refractivity contribution in [3.05, 3.63) is 53.3 Å². The van der Waals surface area contributed by atoms with E-state index in [4.69, 9.17) is 22.7 Å². The van der Waals surface area contributed by atoms with E-state index in [1.54, 1.807) is 18.5 Å². The fourth-order valence-electron chi connectivity index (χ4n) is 1.57. The molecule has 18 heavy (non-hydrogen) atoms. The van der Waals surface area contributed by atoms with Crippen molar-refractivity contribution in [3.8, 4) is 11.5 Å². The Hall–Kier alpha value is -1.94. The predicted octanol–water partition coefficient (Wildman–Crippen LogP) is 3.12. The second-order valence-electron chi connectivity index (χ2n) is 4.08. The summed E-state index contributed by atoms with van der Waals surface area (Å²) in [6, 6.07) is 7.66. The standard InChI is InChI=1S/C14H14N2OS/c1-9-3-4-11(7-10(9)2)17-13-8-16-6-5-12(13)14(15)18/h3-8H,1-2H3,(H2,15,18). The van der Waals surface area contributed by atoms with Crippen molar-refractivity contribution in [2.24, 2.45) is 5.73 Å². The predicted molar refractivity (Wildman–Crippen MR) is 76.1 cm³/mol. The van der Waals surface area contributed by atoms with Gasteiger partial charge in [0.05, 0.1) is 11.8 Å². The fourth-order valence-corrected chi connectivity index (χ4v) is 1.74. The first-order chi connectivity index (χ1) is 8.58. The van der Waals surface area contributed by atoms with Crippen molar-refractivity contribution in [3.63, 3.8) is 0 Å². The first-order valence-corrected chi connectivity index (χ1v) is 5.97. The van der Waals surface area contributed by atoms with Crippen LogP contribution >= 0.6 is 12.2 Å². The summed E-state index contributed by atoms with van der Waals surface area (Å²) in [6.07, 6.45) is 3.26. The number of rotatable bonds is 3. The lowest BCUT2D eigenvalue weighted by Crippen LogP contribution is -2.10. The first kappa shape index (κ1) is 12.5. The number of thiocarbonyl (C=S) groups is 1. The van der Waals surface area contributed by atoms with Crippen LogP contribution in [-0.2, 0) is 0 Å². The number of pyridine rings is 1. The van der Waals surface area contributed by atoms with Gasteiger partial charge in [0.25, 0.3) is 0 Å². The normalized spacial score (nSPS) is 10.1. The molecule has 1 aromatic heterocycles. The van der Waals surface area contributed by atoms with E-state index in [9.17, 15) is 0 Å². The summed E-state index contributed by atoms with van der Waals surface area (Å²) in [6.45, 7) is 4.10. The zero-order chi connectivity index (χ0) is 13.1. The Morgan fingerprint density at radius 2 is 2.00 bits per heavy atom. The van der Waals surface area contributed by atoms with Crippen LogP contribution in [0.3, 0.4) is 0 Å². The zero-order valence-corrected chi connectivity index (χ0v) is 11.1. The van der Waals surface area contributed by atoms with E-state index in [2.05, 4.69) is 11.9 Å². The molecule has 0 bridgehead atoms. The Morgan fingerprint density at radius 1 is 1.22 bits per heavy atom. The maximum Gasteiger partial charge on any atom is 0.155 e. The van der Waals surface area contributed by atoms with Crippen molar-refractivity contribution in [2.75, 3.05) is 0 Å². The lowest BCUT2D eigenvalue weighted by molar-refractivity contribution is 0.479. The highest BCUT2D eigenvalue weighted by Crippen LogP contribution is 2.25. The number of hydrogen-bond acceptors (Lipinski definition) is 3. The van der Waals surface area contributed by atoms with E-state index >= 15 is 0 Å². The Kier molecular flexibility index (Phi) is 3.58. The number of benzene rings is 1. The van der Waals surface area contributed by atoms with Gasteiger partial charge in [0.15, 0.2) is 5.75 Å². The van der Waals surface area contributed by atoms with Gasteiger partial charge in [-0.3, -0.25) is 4.98 Å². The Morgan fingerprint density at radius 3 is 2.67 bits per heavy atom. The summed E-state index contributed by atoms with van der Waals surface area (Å²) in [5, 5.41) is 0. The minimum Gasteiger partial charge on any atom is -0.455 e. The SMILES string of the molecule is Cc1ccc(Oc2cnccc2C(N)=S)cc1C. The molecule has 0 saturated heterocycles. The largest absolute Gasteiger partial charge is 0.455 e. The third-order valence-electron chi connectivity index (χ3n) is 2.76. The molecule has 0 radical (unpaired) electrons. The maximum absolute atomic E-state index is 5.78. The van der Waals surface area contributed by atoms with Crippen LogP contribution in [0, 0.1) is 13.8 Å². The van der Waals surface area contributed by atoms with E-state index in [0.29, 0.717) is 16.3 Å². The van der Waals surface area contributed by atoms with Gasteiger partial charge in [-0.2, -0.15) is 0 Å². The van der Waals surface area contributed by atoms with E-state index in [1.165, 1.54) is 11.1 Å². The molecule has 0 unspecified atom stereocenters. The minimum atomic E-state index is 0.302. The summed E-state index contributed by atoms with van der Waals surface area (Å²) >= 11 is 4.98. The van der Waals surface area contributed by atoms with Crippen molar-refractivity contribution in [2.45, 2.75) is 13.8 Å². The van der Waals surface area contributed by atoms with Gasteiger partial charge in [0.2, 0.25) is 0 Å². The molecular formula is C14H14N2OS. The summed E-state index contributed by atoms with van der Waals surface area (Å²) in [4.78, 5) is 4.33. The van der Waals surface area contributed by atoms with Crippen LogP contribution < -0.4 is 10.5 Å². The fraction of sp³-hybridized carbons (Fsp3) is 0.143. The minimum absolute atomic E-state index is 0.302. The van der Waals surface area contributed by atoms with Gasteiger partial charge in [-0.1, -0.05) is 18.3 Å². The van der Waals surface area contributed by atoms with Crippen molar-refractivity contribution in [1.29, 1.82) is 0 Å². The smallest absolute Gasteiger partial charge is 0.155 e. The van der Waals surface area contributed by atoms with Crippen LogP contribution in [0.2, 0.25) is 0 Å². The Balaban J connectivity index is 2.34. The van der Waals surface area contributed by atoms with Gasteiger partial charge in [0.1, 0.15) is 10.7 Å². The van der Waals surface area contributed by atoms with E-state index in [1.807, 2.05) is 25.1 Å². The van der Waals surface area contributed by atoms with E-state index < -0.39 is 0 Å². The monoisotopic (exact) mass is 258 g/mol. The van der Waals surface area contributed by atoms with E-state index in [0.717, 1.165) is 5.75 Å². The summed E-state index contributed by atoms with van der Waals surface area (Å²) in [7, 11) is 0. The van der Waals surface area contributed by atoms with Gasteiger partial charge >= 0.3 is 0 Å². The third kappa shape index (κ3) is 2.65. The molecule has 0 spiro atoms. The lowest BCUT2D eigenvalue weighted by Gasteiger charge is -2.10. The van der Waals surface area contributed by atoms with Crippen LogP contribution in [-0.4, -0.2) is 9.97 Å². The van der Waals surface area contributed by atoms with Crippen LogP contribution in [0.15, 0.2) is 36.7 Å². The van der Waals surface area contributed by atoms with Crippen molar-refractivity contribution in [1.82, 2.24) is 4.98 Å². The molecule has 1 aromatic carbocycles. The summed E-state index contributed by atoms with van der Waals surface area (Å²) < 4.78 is 5.78. The molecule has 1 heterocycles. The Labute approximate surface area is 112 Å². The highest BCUT2D eigenvalue weighted by Gasteiger charge is 2.07. The quantitative estimate of drug-likeness (QED) is 0.859. The topological polar surface area (TPSA) is 48.1 Å². The van der Waals surface area contributed by atoms with Crippen molar-refractivity contribution < 1.29 is 4.74 Å². The molecule has 0 aliphatic carbocycles. The third-order valence-corrected chi connectivity index (χ3v) is 2.98. The Bertz CT molecular complexity index is 596. The summed E-state index contributed by atoms with van der Waals surface area (Å²) in [5.41, 5.74) is 8.74. The molecule has 0 aliphatic rings. The van der Waals surface area contributed by atoms with Crippen LogP contribution in [0.25, 0.3) is 0 Å². The van der Waals surface area contributed by atoms with Gasteiger partial charge < -0.3 is 10.5 Å². The number of nitrogens with zero attached hydrogens (tertiary/aromatic N) is 1. The van der Waals surface area contributed by atoms with Gasteiger partial charge in [-0.25, -0.2) is 0 Å². The van der Waals surface area contributed by atoms with Gasteiger partial charge in [-0.05, 0) is 43.2 Å². The van der Waals surface area contributed by atoms with Gasteiger partial charge in [0, 0.05) is 6.20 Å². The maximum atomic E-state index is 5.78. The molecule has 2 aromatic rings. The van der Waals surface area contributed by atoms with E-state index in [-0.39, 0.29) is 0 Å². The number of ether oxygens (including phenoxy) is 1. The second-order valence-corrected chi connectivity index (χ2v) is 4.52. The summed E-state index contributed by atoms with van der Waals surface area (Å²) in [5.74, 6) is 1.33. The number of hydrogen-bond donors (Lipinski definition) is 1. The molecule has 4 heteroatoms. The lowest BCUT2D eigenvalue weighted by atomic mass is 10.1. The highest BCUT2D eigenvalue weighted by atomic mass is 32.1. The van der Waals surface area contributed by atoms with Crippen molar-refractivity contribution >= 4 is 17.2 Å². The molecule has 2 rings (SSSR count). The number of aromatic nitrogens is 1. The first-order valence-electron chi connectivity index (χ1n) is 5.57.